The van der Waals surface area contributed by atoms with E-state index in [-0.39, 0.29) is 30.3 Å². The van der Waals surface area contributed by atoms with E-state index in [0.29, 0.717) is 31.0 Å². The first kappa shape index (κ1) is 19.9. The van der Waals surface area contributed by atoms with Gasteiger partial charge in [-0.05, 0) is 26.0 Å². The number of nitrogens with one attached hydrogen (secondary N) is 1. The van der Waals surface area contributed by atoms with Gasteiger partial charge in [0.15, 0.2) is 5.82 Å². The summed E-state index contributed by atoms with van der Waals surface area (Å²) in [6, 6.07) is 6.82. The summed E-state index contributed by atoms with van der Waals surface area (Å²) in [6.45, 7) is 9.57. The Labute approximate surface area is 164 Å². The molecule has 1 aliphatic heterocycles. The lowest BCUT2D eigenvalue weighted by molar-refractivity contribution is -0.133. The van der Waals surface area contributed by atoms with E-state index in [0.717, 1.165) is 11.6 Å². The van der Waals surface area contributed by atoms with Gasteiger partial charge in [-0.15, -0.1) is 10.2 Å². The highest BCUT2D eigenvalue weighted by molar-refractivity contribution is 5.98. The summed E-state index contributed by atoms with van der Waals surface area (Å²) >= 11 is 0. The fourth-order valence-corrected chi connectivity index (χ4v) is 3.46. The molecule has 1 aromatic heterocycles. The smallest absolute Gasteiger partial charge is 0.255 e. The molecule has 1 atom stereocenters. The van der Waals surface area contributed by atoms with Crippen LogP contribution in [0.5, 0.6) is 5.75 Å². The molecule has 0 radical (unpaired) electrons. The van der Waals surface area contributed by atoms with Gasteiger partial charge in [-0.25, -0.2) is 0 Å². The minimum absolute atomic E-state index is 0.0746. The van der Waals surface area contributed by atoms with Gasteiger partial charge in [0.05, 0.1) is 24.8 Å². The maximum Gasteiger partial charge on any atom is 0.255 e. The van der Waals surface area contributed by atoms with Crippen molar-refractivity contribution >= 4 is 11.8 Å². The van der Waals surface area contributed by atoms with Gasteiger partial charge in [0.1, 0.15) is 11.6 Å². The highest BCUT2D eigenvalue weighted by atomic mass is 16.5. The Kier molecular flexibility index (Phi) is 5.96. The monoisotopic (exact) mass is 385 g/mol. The van der Waals surface area contributed by atoms with Gasteiger partial charge in [-0.2, -0.15) is 0 Å². The van der Waals surface area contributed by atoms with E-state index in [9.17, 15) is 9.59 Å². The second kappa shape index (κ2) is 8.41. The highest BCUT2D eigenvalue weighted by Crippen LogP contribution is 2.26. The van der Waals surface area contributed by atoms with Crippen molar-refractivity contribution in [3.63, 3.8) is 0 Å². The fourth-order valence-electron chi connectivity index (χ4n) is 3.46. The normalized spacial score (nSPS) is 16.0. The van der Waals surface area contributed by atoms with Gasteiger partial charge in [0.25, 0.3) is 5.91 Å². The van der Waals surface area contributed by atoms with Crippen molar-refractivity contribution in [1.29, 1.82) is 0 Å². The number of hydrogen-bond donors (Lipinski definition) is 1. The molecule has 28 heavy (non-hydrogen) atoms. The van der Waals surface area contributed by atoms with Gasteiger partial charge < -0.3 is 19.5 Å². The van der Waals surface area contributed by atoms with E-state index in [1.165, 1.54) is 0 Å². The number of rotatable bonds is 6. The van der Waals surface area contributed by atoms with Crippen LogP contribution in [0.15, 0.2) is 24.3 Å². The maximum atomic E-state index is 12.7. The molecular formula is C20H27N5O3. The van der Waals surface area contributed by atoms with Crippen LogP contribution < -0.4 is 10.1 Å². The number of carbonyl (C=O) groups excluding carboxylic acids is 2. The average Bonchev–Trinajstić information content (AvgIpc) is 3.12. The van der Waals surface area contributed by atoms with Crippen molar-refractivity contribution < 1.29 is 14.3 Å². The number of hydrogen-bond acceptors (Lipinski definition) is 5. The average molecular weight is 385 g/mol. The van der Waals surface area contributed by atoms with Crippen molar-refractivity contribution in [1.82, 2.24) is 25.0 Å². The third kappa shape index (κ3) is 3.85. The number of benzene rings is 1. The molecule has 0 aliphatic carbocycles. The van der Waals surface area contributed by atoms with Gasteiger partial charge in [-0.3, -0.25) is 9.59 Å². The minimum Gasteiger partial charge on any atom is -0.493 e. The zero-order valence-electron chi connectivity index (χ0n) is 16.8. The second-order valence-corrected chi connectivity index (χ2v) is 7.10. The van der Waals surface area contributed by atoms with Crippen LogP contribution in [-0.2, 0) is 11.3 Å². The van der Waals surface area contributed by atoms with Gasteiger partial charge in [0, 0.05) is 19.0 Å². The Hall–Kier alpha value is -2.90. The molecule has 2 heterocycles. The molecule has 150 valence electrons. The molecule has 0 fully saturated rings. The van der Waals surface area contributed by atoms with E-state index in [2.05, 4.69) is 33.9 Å². The first-order valence-corrected chi connectivity index (χ1v) is 9.66. The van der Waals surface area contributed by atoms with E-state index in [4.69, 9.17) is 4.74 Å². The number of aromatic nitrogens is 3. The standard InChI is InChI=1S/C20H27N5O3/c1-5-28-16-9-7-6-8-15(16)20(27)21-12-17(26)24-10-11-25-18(13(2)3)22-23-19(25)14(24)4/h6-9,13-14H,5,10-12H2,1-4H3,(H,21,27). The number of amides is 2. The molecule has 0 bridgehead atoms. The summed E-state index contributed by atoms with van der Waals surface area (Å²) in [5, 5.41) is 11.3. The van der Waals surface area contributed by atoms with E-state index in [1.54, 1.807) is 23.1 Å². The van der Waals surface area contributed by atoms with Crippen molar-refractivity contribution in [2.24, 2.45) is 0 Å². The van der Waals surface area contributed by atoms with Crippen LogP contribution in [-0.4, -0.2) is 51.2 Å². The number of nitrogens with zero attached hydrogens (tertiary/aromatic N) is 4. The first-order valence-electron chi connectivity index (χ1n) is 9.66. The summed E-state index contributed by atoms with van der Waals surface area (Å²) in [4.78, 5) is 27.0. The number of para-hydroxylation sites is 1. The molecule has 0 saturated heterocycles. The largest absolute Gasteiger partial charge is 0.493 e. The number of fused-ring (bicyclic) bond motifs is 1. The Morgan fingerprint density at radius 3 is 2.71 bits per heavy atom. The topological polar surface area (TPSA) is 89.4 Å². The van der Waals surface area contributed by atoms with Gasteiger partial charge >= 0.3 is 0 Å². The Balaban J connectivity index is 1.65. The quantitative estimate of drug-likeness (QED) is 0.823. The van der Waals surface area contributed by atoms with E-state index in [1.807, 2.05) is 19.9 Å². The predicted molar refractivity (Wildman–Crippen MR) is 104 cm³/mol. The molecule has 1 aliphatic rings. The van der Waals surface area contributed by atoms with Crippen molar-refractivity contribution in [2.75, 3.05) is 19.7 Å². The first-order chi connectivity index (χ1) is 13.4. The predicted octanol–water partition coefficient (Wildman–Crippen LogP) is 2.13. The lowest BCUT2D eigenvalue weighted by Gasteiger charge is -2.34. The third-order valence-corrected chi connectivity index (χ3v) is 4.88. The molecule has 1 aromatic carbocycles. The van der Waals surface area contributed by atoms with Crippen molar-refractivity contribution in [2.45, 2.75) is 46.2 Å². The molecule has 2 aromatic rings. The zero-order valence-corrected chi connectivity index (χ0v) is 16.8. The second-order valence-electron chi connectivity index (χ2n) is 7.10. The van der Waals surface area contributed by atoms with Crippen LogP contribution in [0.1, 0.15) is 61.7 Å². The Morgan fingerprint density at radius 1 is 1.25 bits per heavy atom. The molecule has 8 nitrogen and oxygen atoms in total. The SMILES string of the molecule is CCOc1ccccc1C(=O)NCC(=O)N1CCn2c(C(C)C)nnc2C1C. The minimum atomic E-state index is -0.327. The van der Waals surface area contributed by atoms with Crippen LogP contribution >= 0.6 is 0 Å². The van der Waals surface area contributed by atoms with Crippen LogP contribution in [0.2, 0.25) is 0 Å². The Bertz CT molecular complexity index is 861. The molecule has 3 rings (SSSR count). The third-order valence-electron chi connectivity index (χ3n) is 4.88. The lowest BCUT2D eigenvalue weighted by atomic mass is 10.1. The van der Waals surface area contributed by atoms with Crippen LogP contribution in [0.3, 0.4) is 0 Å². The number of carbonyl (C=O) groups is 2. The summed E-state index contributed by atoms with van der Waals surface area (Å²) in [7, 11) is 0. The summed E-state index contributed by atoms with van der Waals surface area (Å²) in [5.74, 6) is 2.05. The number of ether oxygens (including phenoxy) is 1. The van der Waals surface area contributed by atoms with Crippen molar-refractivity contribution in [3.05, 3.63) is 41.5 Å². The zero-order chi connectivity index (χ0) is 20.3. The van der Waals surface area contributed by atoms with Crippen LogP contribution in [0, 0.1) is 0 Å². The van der Waals surface area contributed by atoms with Crippen LogP contribution in [0.25, 0.3) is 0 Å². The molecule has 8 heteroatoms. The molecule has 1 unspecified atom stereocenters. The summed E-state index contributed by atoms with van der Waals surface area (Å²) in [6.07, 6.45) is 0. The van der Waals surface area contributed by atoms with E-state index >= 15 is 0 Å². The maximum absolute atomic E-state index is 12.7. The molecular weight excluding hydrogens is 358 g/mol. The molecule has 2 amide bonds. The highest BCUT2D eigenvalue weighted by Gasteiger charge is 2.31. The van der Waals surface area contributed by atoms with Gasteiger partial charge in [-0.1, -0.05) is 26.0 Å². The molecule has 0 saturated carbocycles. The Morgan fingerprint density at radius 2 is 2.00 bits per heavy atom. The van der Waals surface area contributed by atoms with Crippen LogP contribution in [0.4, 0.5) is 0 Å². The van der Waals surface area contributed by atoms with Gasteiger partial charge in [0.2, 0.25) is 5.91 Å². The lowest BCUT2D eigenvalue weighted by Crippen LogP contribution is -2.46. The summed E-state index contributed by atoms with van der Waals surface area (Å²) < 4.78 is 7.58. The van der Waals surface area contributed by atoms with E-state index < -0.39 is 0 Å². The summed E-state index contributed by atoms with van der Waals surface area (Å²) in [5.41, 5.74) is 0.421. The molecule has 1 N–H and O–H groups in total. The fraction of sp³-hybridized carbons (Fsp3) is 0.500. The van der Waals surface area contributed by atoms with Crippen molar-refractivity contribution in [3.8, 4) is 5.75 Å². The molecule has 0 spiro atoms.